The minimum Gasteiger partial charge on any atom is -0.0690 e. The molecule has 1 heteroatoms. The van der Waals surface area contributed by atoms with Gasteiger partial charge in [0.25, 0.3) is 0 Å². The van der Waals surface area contributed by atoms with Crippen LogP contribution in [0.5, 0.6) is 0 Å². The summed E-state index contributed by atoms with van der Waals surface area (Å²) in [5.41, 5.74) is 0. The van der Waals surface area contributed by atoms with Crippen molar-refractivity contribution in [3.63, 3.8) is 0 Å². The predicted molar refractivity (Wildman–Crippen MR) is 70.7 cm³/mol. The van der Waals surface area contributed by atoms with Gasteiger partial charge in [0.2, 0.25) is 0 Å². The Morgan fingerprint density at radius 3 is 2.00 bits per heavy atom. The van der Waals surface area contributed by atoms with Crippen LogP contribution >= 0.6 is 0 Å². The highest BCUT2D eigenvalue weighted by Crippen LogP contribution is 2.43. The Morgan fingerprint density at radius 2 is 1.64 bits per heavy atom. The lowest BCUT2D eigenvalue weighted by Crippen LogP contribution is -2.38. The molecule has 0 amide bonds. The second-order valence-corrected chi connectivity index (χ2v) is 11.8. The largest absolute Gasteiger partial charge is 0.0690 e. The van der Waals surface area contributed by atoms with E-state index in [1.807, 2.05) is 0 Å². The Kier molecular flexibility index (Phi) is 5.42. The van der Waals surface area contributed by atoms with Crippen molar-refractivity contribution in [3.8, 4) is 0 Å². The molecule has 0 saturated carbocycles. The number of hydrogen-bond acceptors (Lipinski definition) is 0. The molecule has 0 aromatic heterocycles. The molecule has 0 saturated heterocycles. The van der Waals surface area contributed by atoms with Crippen molar-refractivity contribution in [1.29, 1.82) is 0 Å². The van der Waals surface area contributed by atoms with Crippen LogP contribution in [-0.2, 0) is 0 Å². The summed E-state index contributed by atoms with van der Waals surface area (Å²) in [6.45, 7) is 17.1. The molecule has 0 aliphatic rings. The van der Waals surface area contributed by atoms with E-state index in [1.165, 1.54) is 25.3 Å². The van der Waals surface area contributed by atoms with Gasteiger partial charge < -0.3 is 0 Å². The lowest BCUT2D eigenvalue weighted by atomic mass is 10.1. The number of hydrogen-bond donors (Lipinski definition) is 0. The maximum Gasteiger partial charge on any atom is 0.0530 e. The molecule has 1 atom stereocenters. The van der Waals surface area contributed by atoms with Crippen molar-refractivity contribution in [2.45, 2.75) is 78.1 Å². The predicted octanol–water partition coefficient (Wildman–Crippen LogP) is 5.32. The zero-order valence-corrected chi connectivity index (χ0v) is 12.4. The Bertz CT molecular complexity index is 159. The van der Waals surface area contributed by atoms with E-state index in [1.54, 1.807) is 0 Å². The molecule has 0 bridgehead atoms. The summed E-state index contributed by atoms with van der Waals surface area (Å²) in [6, 6.07) is 1.50. The fourth-order valence-corrected chi connectivity index (χ4v) is 4.48. The molecule has 0 aromatic rings. The van der Waals surface area contributed by atoms with Crippen LogP contribution in [0.1, 0.15) is 53.9 Å². The van der Waals surface area contributed by atoms with Crippen LogP contribution in [-0.4, -0.2) is 8.07 Å². The molecule has 14 heavy (non-hydrogen) atoms. The van der Waals surface area contributed by atoms with E-state index in [4.69, 9.17) is 0 Å². The molecular weight excluding hydrogens is 184 g/mol. The van der Waals surface area contributed by atoms with Gasteiger partial charge in [-0.25, -0.2) is 0 Å². The molecule has 0 radical (unpaired) electrons. The third-order valence-corrected chi connectivity index (χ3v) is 10.2. The fourth-order valence-electron chi connectivity index (χ4n) is 1.63. The molecule has 0 aromatic carbocycles. The standard InChI is InChI=1S/C13H30Si/c1-8-12(3)10-11-14(6,7)13(4,5)9-2/h12H,8-11H2,1-7H3. The summed E-state index contributed by atoms with van der Waals surface area (Å²) in [4.78, 5) is 0. The second-order valence-electron chi connectivity index (χ2n) is 6.17. The molecular formula is C13H30Si. The highest BCUT2D eigenvalue weighted by molar-refractivity contribution is 6.80. The van der Waals surface area contributed by atoms with Gasteiger partial charge in [-0.15, -0.1) is 0 Å². The lowest BCUT2D eigenvalue weighted by molar-refractivity contribution is 0.528. The third kappa shape index (κ3) is 3.76. The van der Waals surface area contributed by atoms with Gasteiger partial charge in [0.05, 0.1) is 8.07 Å². The molecule has 0 aliphatic heterocycles. The maximum atomic E-state index is 2.57. The zero-order valence-electron chi connectivity index (χ0n) is 11.4. The van der Waals surface area contributed by atoms with Gasteiger partial charge >= 0.3 is 0 Å². The average Bonchev–Trinajstić information content (AvgIpc) is 2.13. The summed E-state index contributed by atoms with van der Waals surface area (Å²) >= 11 is 0. The van der Waals surface area contributed by atoms with Crippen LogP contribution in [0, 0.1) is 5.92 Å². The molecule has 86 valence electrons. The van der Waals surface area contributed by atoms with E-state index >= 15 is 0 Å². The Hall–Kier alpha value is 0.217. The molecule has 0 aliphatic carbocycles. The summed E-state index contributed by atoms with van der Waals surface area (Å²) in [6.07, 6.45) is 4.13. The number of rotatable bonds is 6. The van der Waals surface area contributed by atoms with E-state index in [0.717, 1.165) is 5.92 Å². The smallest absolute Gasteiger partial charge is 0.0530 e. The maximum absolute atomic E-state index is 2.57. The lowest BCUT2D eigenvalue weighted by Gasteiger charge is -2.40. The van der Waals surface area contributed by atoms with Gasteiger partial charge in [-0.05, 0) is 11.0 Å². The van der Waals surface area contributed by atoms with Gasteiger partial charge in [0.1, 0.15) is 0 Å². The Balaban J connectivity index is 4.20. The zero-order chi connectivity index (χ0) is 11.4. The molecule has 0 N–H and O–H groups in total. The third-order valence-electron chi connectivity index (χ3n) is 4.68. The van der Waals surface area contributed by atoms with Crippen molar-refractivity contribution in [2.24, 2.45) is 5.92 Å². The summed E-state index contributed by atoms with van der Waals surface area (Å²) in [7, 11) is -1.01. The van der Waals surface area contributed by atoms with E-state index in [-0.39, 0.29) is 0 Å². The molecule has 0 spiro atoms. The van der Waals surface area contributed by atoms with Crippen LogP contribution in [0.4, 0.5) is 0 Å². The summed E-state index contributed by atoms with van der Waals surface area (Å²) in [5, 5.41) is 0.612. The first-order chi connectivity index (χ1) is 6.27. The average molecular weight is 214 g/mol. The first-order valence-corrected chi connectivity index (χ1v) is 9.47. The van der Waals surface area contributed by atoms with Gasteiger partial charge in [-0.3, -0.25) is 0 Å². The Morgan fingerprint density at radius 1 is 1.14 bits per heavy atom. The van der Waals surface area contributed by atoms with E-state index in [0.29, 0.717) is 5.04 Å². The van der Waals surface area contributed by atoms with Crippen molar-refractivity contribution in [2.75, 3.05) is 0 Å². The highest BCUT2D eigenvalue weighted by Gasteiger charge is 2.36. The van der Waals surface area contributed by atoms with Gasteiger partial charge in [-0.1, -0.05) is 73.0 Å². The molecule has 0 rings (SSSR count). The van der Waals surface area contributed by atoms with Gasteiger partial charge in [0, 0.05) is 0 Å². The highest BCUT2D eigenvalue weighted by atomic mass is 28.3. The van der Waals surface area contributed by atoms with Crippen LogP contribution < -0.4 is 0 Å². The minimum absolute atomic E-state index is 0.612. The minimum atomic E-state index is -1.01. The van der Waals surface area contributed by atoms with Gasteiger partial charge in [-0.2, -0.15) is 0 Å². The van der Waals surface area contributed by atoms with Crippen molar-refractivity contribution in [1.82, 2.24) is 0 Å². The molecule has 0 heterocycles. The van der Waals surface area contributed by atoms with Crippen molar-refractivity contribution < 1.29 is 0 Å². The fraction of sp³-hybridized carbons (Fsp3) is 1.00. The quantitative estimate of drug-likeness (QED) is 0.525. The topological polar surface area (TPSA) is 0 Å². The molecule has 0 fully saturated rings. The first kappa shape index (κ1) is 14.2. The van der Waals surface area contributed by atoms with E-state index < -0.39 is 8.07 Å². The van der Waals surface area contributed by atoms with E-state index in [2.05, 4.69) is 47.7 Å². The summed E-state index contributed by atoms with van der Waals surface area (Å²) in [5.74, 6) is 0.925. The van der Waals surface area contributed by atoms with Crippen LogP contribution in [0.3, 0.4) is 0 Å². The SMILES string of the molecule is CCC(C)CC[Si](C)(C)C(C)(C)CC. The summed E-state index contributed by atoms with van der Waals surface area (Å²) < 4.78 is 0. The van der Waals surface area contributed by atoms with Crippen molar-refractivity contribution in [3.05, 3.63) is 0 Å². The second kappa shape index (κ2) is 5.34. The van der Waals surface area contributed by atoms with Crippen LogP contribution in [0.15, 0.2) is 0 Å². The van der Waals surface area contributed by atoms with Crippen LogP contribution in [0.25, 0.3) is 0 Å². The first-order valence-electron chi connectivity index (χ1n) is 6.27. The normalized spacial score (nSPS) is 15.6. The Labute approximate surface area is 92.5 Å². The molecule has 0 nitrogen and oxygen atoms in total. The van der Waals surface area contributed by atoms with E-state index in [9.17, 15) is 0 Å². The van der Waals surface area contributed by atoms with Gasteiger partial charge in [0.15, 0.2) is 0 Å². The van der Waals surface area contributed by atoms with Crippen LogP contribution in [0.2, 0.25) is 24.2 Å². The monoisotopic (exact) mass is 214 g/mol. The van der Waals surface area contributed by atoms with Crippen molar-refractivity contribution >= 4 is 8.07 Å². The molecule has 1 unspecified atom stereocenters.